The Hall–Kier alpha value is -4.57. The Balaban J connectivity index is 2.00. The van der Waals surface area contributed by atoms with E-state index < -0.39 is 11.8 Å². The summed E-state index contributed by atoms with van der Waals surface area (Å²) < 4.78 is 15.0. The van der Waals surface area contributed by atoms with E-state index in [-0.39, 0.29) is 51.2 Å². The van der Waals surface area contributed by atoms with Crippen LogP contribution in [0.5, 0.6) is 0 Å². The maximum Gasteiger partial charge on any atom is 0.337 e. The molecule has 0 bridgehead atoms. The molecule has 0 saturated carbocycles. The Labute approximate surface area is 254 Å². The standard InChI is InChI=1S/C32H33ClFN5O4/c1-6-27(41)37-14-15-38(20(4)17-37)30(35-5)24-16-25(33)28(22-10-7-8-13-26(22)34)36-31(24)39(18-40)29-21(19(2)3)11-9-12-23(29)32(42)43/h6-13,16,18-20H,1,14-15,17H2,2-5H3,(H,42,43)/b35-30+. The predicted octanol–water partition coefficient (Wildman–Crippen LogP) is 5.75. The number of hydrogen-bond acceptors (Lipinski definition) is 5. The van der Waals surface area contributed by atoms with Crippen LogP contribution in [0.4, 0.5) is 15.9 Å². The van der Waals surface area contributed by atoms with E-state index in [1.165, 1.54) is 35.2 Å². The van der Waals surface area contributed by atoms with Crippen LogP contribution in [0.1, 0.15) is 48.2 Å². The number of para-hydroxylation sites is 1. The fraction of sp³-hybridized carbons (Fsp3) is 0.281. The fourth-order valence-electron chi connectivity index (χ4n) is 5.35. The van der Waals surface area contributed by atoms with Crippen molar-refractivity contribution in [3.63, 3.8) is 0 Å². The fourth-order valence-corrected chi connectivity index (χ4v) is 5.61. The summed E-state index contributed by atoms with van der Waals surface area (Å²) >= 11 is 6.76. The van der Waals surface area contributed by atoms with Gasteiger partial charge in [-0.2, -0.15) is 0 Å². The highest BCUT2D eigenvalue weighted by molar-refractivity contribution is 6.33. The van der Waals surface area contributed by atoms with Gasteiger partial charge in [-0.25, -0.2) is 14.2 Å². The normalized spacial score (nSPS) is 15.4. The van der Waals surface area contributed by atoms with Crippen LogP contribution in [-0.2, 0) is 9.59 Å². The first kappa shape index (κ1) is 31.4. The number of pyridine rings is 1. The van der Waals surface area contributed by atoms with Crippen molar-refractivity contribution in [1.29, 1.82) is 0 Å². The molecule has 1 aromatic heterocycles. The molecule has 0 aliphatic carbocycles. The average Bonchev–Trinajstić information content (AvgIpc) is 2.99. The number of aromatic nitrogens is 1. The number of amides is 2. The van der Waals surface area contributed by atoms with Gasteiger partial charge in [0.2, 0.25) is 12.3 Å². The third kappa shape index (κ3) is 6.15. The molecule has 1 N–H and O–H groups in total. The summed E-state index contributed by atoms with van der Waals surface area (Å²) in [6.45, 7) is 10.5. The first-order chi connectivity index (χ1) is 20.5. The van der Waals surface area contributed by atoms with Gasteiger partial charge in [0.15, 0.2) is 5.82 Å². The zero-order valence-corrected chi connectivity index (χ0v) is 25.2. The van der Waals surface area contributed by atoms with Crippen molar-refractivity contribution in [3.05, 3.63) is 88.7 Å². The van der Waals surface area contributed by atoms with E-state index in [0.717, 1.165) is 0 Å². The Bertz CT molecular complexity index is 1610. The second-order valence-corrected chi connectivity index (χ2v) is 10.8. The Morgan fingerprint density at radius 1 is 1.19 bits per heavy atom. The molecular weight excluding hydrogens is 573 g/mol. The lowest BCUT2D eigenvalue weighted by Crippen LogP contribution is -2.55. The lowest BCUT2D eigenvalue weighted by atomic mass is 9.96. The van der Waals surface area contributed by atoms with Crippen molar-refractivity contribution in [2.45, 2.75) is 32.7 Å². The first-order valence-corrected chi connectivity index (χ1v) is 14.1. The van der Waals surface area contributed by atoms with E-state index in [4.69, 9.17) is 16.6 Å². The number of hydrogen-bond donors (Lipinski definition) is 1. The smallest absolute Gasteiger partial charge is 0.337 e. The van der Waals surface area contributed by atoms with Crippen molar-refractivity contribution in [3.8, 4) is 11.3 Å². The van der Waals surface area contributed by atoms with Crippen LogP contribution in [0.3, 0.4) is 0 Å². The second-order valence-electron chi connectivity index (χ2n) is 10.4. The summed E-state index contributed by atoms with van der Waals surface area (Å²) in [5, 5.41) is 10.2. The lowest BCUT2D eigenvalue weighted by molar-refractivity contribution is -0.128. The molecule has 4 rings (SSSR count). The first-order valence-electron chi connectivity index (χ1n) is 13.7. The number of nitrogens with zero attached hydrogens (tertiary/aromatic N) is 5. The number of carbonyl (C=O) groups excluding carboxylic acids is 2. The van der Waals surface area contributed by atoms with Crippen LogP contribution in [-0.4, -0.2) is 76.7 Å². The molecule has 3 aromatic rings. The number of piperazine rings is 1. The van der Waals surface area contributed by atoms with E-state index in [1.807, 2.05) is 25.7 Å². The third-order valence-corrected chi connectivity index (χ3v) is 7.71. The van der Waals surface area contributed by atoms with Crippen LogP contribution < -0.4 is 4.90 Å². The predicted molar refractivity (Wildman–Crippen MR) is 166 cm³/mol. The summed E-state index contributed by atoms with van der Waals surface area (Å²) in [4.78, 5) is 51.8. The molecule has 1 fully saturated rings. The minimum atomic E-state index is -1.23. The molecule has 1 atom stereocenters. The monoisotopic (exact) mass is 605 g/mol. The average molecular weight is 606 g/mol. The van der Waals surface area contributed by atoms with Crippen LogP contribution in [0.2, 0.25) is 5.02 Å². The molecule has 2 heterocycles. The third-order valence-electron chi connectivity index (χ3n) is 7.42. The topological polar surface area (TPSA) is 106 Å². The van der Waals surface area contributed by atoms with Crippen molar-refractivity contribution in [2.75, 3.05) is 31.6 Å². The Kier molecular flexibility index (Phi) is 9.60. The van der Waals surface area contributed by atoms with Gasteiger partial charge in [0.1, 0.15) is 11.7 Å². The van der Waals surface area contributed by atoms with E-state index in [9.17, 15) is 19.5 Å². The van der Waals surface area contributed by atoms with E-state index >= 15 is 4.39 Å². The van der Waals surface area contributed by atoms with Crippen molar-refractivity contribution < 1.29 is 23.9 Å². The highest BCUT2D eigenvalue weighted by atomic mass is 35.5. The maximum absolute atomic E-state index is 15.0. The number of carboxylic acid groups (broad SMARTS) is 1. The number of carbonyl (C=O) groups is 3. The van der Waals surface area contributed by atoms with Crippen LogP contribution in [0.25, 0.3) is 11.3 Å². The Morgan fingerprint density at radius 2 is 1.91 bits per heavy atom. The summed E-state index contributed by atoms with van der Waals surface area (Å²) in [5.41, 5.74) is 1.16. The van der Waals surface area contributed by atoms with Gasteiger partial charge in [0, 0.05) is 38.3 Å². The molecule has 0 spiro atoms. The van der Waals surface area contributed by atoms with Gasteiger partial charge in [-0.3, -0.25) is 19.5 Å². The van der Waals surface area contributed by atoms with Gasteiger partial charge in [0.05, 0.1) is 27.5 Å². The summed E-state index contributed by atoms with van der Waals surface area (Å²) in [7, 11) is 1.59. The van der Waals surface area contributed by atoms with Crippen LogP contribution >= 0.6 is 11.6 Å². The minimum Gasteiger partial charge on any atom is -0.478 e. The number of aromatic carboxylic acids is 1. The molecule has 1 unspecified atom stereocenters. The van der Waals surface area contributed by atoms with E-state index in [0.29, 0.717) is 43.0 Å². The summed E-state index contributed by atoms with van der Waals surface area (Å²) in [6, 6.07) is 12.1. The van der Waals surface area contributed by atoms with Crippen molar-refractivity contribution in [2.24, 2.45) is 4.99 Å². The highest BCUT2D eigenvalue weighted by Crippen LogP contribution is 2.40. The molecule has 43 heavy (non-hydrogen) atoms. The van der Waals surface area contributed by atoms with Crippen molar-refractivity contribution in [1.82, 2.24) is 14.8 Å². The van der Waals surface area contributed by atoms with Gasteiger partial charge in [0.25, 0.3) is 0 Å². The molecule has 1 aliphatic heterocycles. The van der Waals surface area contributed by atoms with Crippen LogP contribution in [0, 0.1) is 5.82 Å². The molecule has 0 radical (unpaired) electrons. The molecule has 11 heteroatoms. The number of carboxylic acids is 1. The van der Waals surface area contributed by atoms with Gasteiger partial charge in [-0.1, -0.05) is 56.3 Å². The molecular formula is C32H33ClFN5O4. The molecule has 2 amide bonds. The van der Waals surface area contributed by atoms with Gasteiger partial charge in [-0.15, -0.1) is 0 Å². The van der Waals surface area contributed by atoms with E-state index in [2.05, 4.69) is 11.6 Å². The Morgan fingerprint density at radius 3 is 2.49 bits per heavy atom. The zero-order chi connectivity index (χ0) is 31.4. The van der Waals surface area contributed by atoms with Crippen LogP contribution in [0.15, 0.2) is 66.2 Å². The maximum atomic E-state index is 15.0. The number of anilines is 2. The number of aliphatic imine (C=N–C) groups is 1. The lowest BCUT2D eigenvalue weighted by Gasteiger charge is -2.41. The number of rotatable bonds is 8. The largest absolute Gasteiger partial charge is 0.478 e. The van der Waals surface area contributed by atoms with Gasteiger partial charge < -0.3 is 14.9 Å². The van der Waals surface area contributed by atoms with Crippen molar-refractivity contribution >= 4 is 47.2 Å². The zero-order valence-electron chi connectivity index (χ0n) is 24.4. The summed E-state index contributed by atoms with van der Waals surface area (Å²) in [5.74, 6) is -1.68. The second kappa shape index (κ2) is 13.2. The quantitative estimate of drug-likeness (QED) is 0.152. The van der Waals surface area contributed by atoms with Gasteiger partial charge in [-0.05, 0) is 48.7 Å². The molecule has 1 aliphatic rings. The molecule has 224 valence electrons. The number of benzene rings is 2. The van der Waals surface area contributed by atoms with E-state index in [1.54, 1.807) is 36.2 Å². The molecule has 1 saturated heterocycles. The number of halogens is 2. The number of amidine groups is 1. The summed E-state index contributed by atoms with van der Waals surface area (Å²) in [6.07, 6.45) is 1.77. The molecule has 9 nitrogen and oxygen atoms in total. The SMILES string of the molecule is C=CC(=O)N1CCN(/C(=N/C)c2cc(Cl)c(-c3ccccc3F)nc2N(C=O)c2c(C(=O)O)cccc2C(C)C)C(C)C1. The highest BCUT2D eigenvalue weighted by Gasteiger charge is 2.33. The van der Waals surface area contributed by atoms with Gasteiger partial charge >= 0.3 is 5.97 Å². The minimum absolute atomic E-state index is 0.0330. The molecule has 2 aromatic carbocycles.